The lowest BCUT2D eigenvalue weighted by Gasteiger charge is -2.50. The summed E-state index contributed by atoms with van der Waals surface area (Å²) in [5, 5.41) is 19.8. The Labute approximate surface area is 145 Å². The minimum Gasteiger partial charge on any atom is -0.396 e. The van der Waals surface area contributed by atoms with Gasteiger partial charge in [0.25, 0.3) is 0 Å². The predicted octanol–water partition coefficient (Wildman–Crippen LogP) is 3.22. The molecule has 3 rings (SSSR count). The minimum absolute atomic E-state index is 0.0245. The maximum absolute atomic E-state index is 9.98. The average Bonchev–Trinajstić information content (AvgIpc) is 2.84. The molecule has 0 bridgehead atoms. The molecule has 4 heteroatoms. The molecule has 3 aliphatic carbocycles. The van der Waals surface area contributed by atoms with Crippen molar-refractivity contribution >= 4 is 11.6 Å². The molecular weight excluding hydrogens is 310 g/mol. The highest BCUT2D eigenvalue weighted by Crippen LogP contribution is 2.57. The minimum atomic E-state index is -0.413. The normalized spacial score (nSPS) is 43.6. The molecule has 5 atom stereocenters. The third-order valence-corrected chi connectivity index (χ3v) is 7.83. The van der Waals surface area contributed by atoms with Gasteiger partial charge in [-0.05, 0) is 68.7 Å². The summed E-state index contributed by atoms with van der Waals surface area (Å²) in [4.78, 5) is -0.413. The van der Waals surface area contributed by atoms with E-state index in [0.717, 1.165) is 32.1 Å². The maximum Gasteiger partial charge on any atom is 0.0545 e. The molecule has 0 aromatic rings. The second-order valence-electron chi connectivity index (χ2n) is 8.61. The van der Waals surface area contributed by atoms with E-state index in [-0.39, 0.29) is 18.6 Å². The largest absolute Gasteiger partial charge is 0.396 e. The summed E-state index contributed by atoms with van der Waals surface area (Å²) >= 11 is 7.17. The monoisotopic (exact) mass is 341 g/mol. The Morgan fingerprint density at radius 2 is 1.96 bits per heavy atom. The van der Waals surface area contributed by atoms with Gasteiger partial charge in [0, 0.05) is 12.5 Å². The van der Waals surface area contributed by atoms with E-state index >= 15 is 0 Å². The van der Waals surface area contributed by atoms with Crippen LogP contribution in [0.3, 0.4) is 0 Å². The molecule has 4 unspecified atom stereocenters. The van der Waals surface area contributed by atoms with Crippen molar-refractivity contribution in [3.63, 3.8) is 0 Å². The van der Waals surface area contributed by atoms with Gasteiger partial charge < -0.3 is 15.9 Å². The molecule has 0 spiro atoms. The van der Waals surface area contributed by atoms with Gasteiger partial charge in [-0.3, -0.25) is 0 Å². The van der Waals surface area contributed by atoms with Gasteiger partial charge in [-0.2, -0.15) is 0 Å². The summed E-state index contributed by atoms with van der Waals surface area (Å²) in [6.45, 7) is 5.42. The van der Waals surface area contributed by atoms with E-state index in [1.165, 1.54) is 6.42 Å². The first-order valence-electron chi connectivity index (χ1n) is 9.23. The first kappa shape index (κ1) is 17.7. The van der Waals surface area contributed by atoms with Crippen LogP contribution in [-0.2, 0) is 0 Å². The van der Waals surface area contributed by atoms with Gasteiger partial charge in [0.05, 0.1) is 11.0 Å². The number of hydrogen-bond donors (Lipinski definition) is 3. The second-order valence-corrected chi connectivity index (χ2v) is 9.31. The molecule has 1 saturated carbocycles. The highest BCUT2D eigenvalue weighted by Gasteiger charge is 2.52. The fourth-order valence-electron chi connectivity index (χ4n) is 5.67. The highest BCUT2D eigenvalue weighted by atomic mass is 35.5. The first-order chi connectivity index (χ1) is 10.8. The summed E-state index contributed by atoms with van der Waals surface area (Å²) < 4.78 is 0. The van der Waals surface area contributed by atoms with Crippen LogP contribution in [0.15, 0.2) is 11.1 Å². The molecule has 0 aromatic carbocycles. The zero-order chi connectivity index (χ0) is 16.8. The standard InChI is InChI=1S/C19H32ClNO2/c1-18(2)7-6-14-15(10-21)17(4-3-16(14)18)19(20)8-5-13(23)9-12(19)11-22/h12-13,15,17,22-23H,3-11,21H2,1-2H3/t12?,13?,15-,17?,19?/m0/s1. The van der Waals surface area contributed by atoms with E-state index in [1.807, 2.05) is 0 Å². The molecule has 0 radical (unpaired) electrons. The number of aliphatic hydroxyl groups is 2. The zero-order valence-electron chi connectivity index (χ0n) is 14.5. The molecule has 23 heavy (non-hydrogen) atoms. The Balaban J connectivity index is 1.91. The van der Waals surface area contributed by atoms with Crippen LogP contribution in [-0.4, -0.2) is 34.3 Å². The van der Waals surface area contributed by atoms with Gasteiger partial charge in [-0.1, -0.05) is 25.0 Å². The molecule has 0 aromatic heterocycles. The lowest BCUT2D eigenvalue weighted by molar-refractivity contribution is 0.0211. The Bertz CT molecular complexity index is 490. The van der Waals surface area contributed by atoms with Crippen LogP contribution in [0.2, 0.25) is 0 Å². The van der Waals surface area contributed by atoms with Crippen molar-refractivity contribution < 1.29 is 10.2 Å². The highest BCUT2D eigenvalue weighted by molar-refractivity contribution is 6.24. The molecule has 3 aliphatic rings. The van der Waals surface area contributed by atoms with Crippen LogP contribution in [0.25, 0.3) is 0 Å². The number of hydrogen-bond acceptors (Lipinski definition) is 3. The van der Waals surface area contributed by atoms with Gasteiger partial charge in [0.2, 0.25) is 0 Å². The molecule has 0 amide bonds. The summed E-state index contributed by atoms with van der Waals surface area (Å²) in [6, 6.07) is 0. The topological polar surface area (TPSA) is 66.5 Å². The Kier molecular flexibility index (Phi) is 4.88. The molecular formula is C19H32ClNO2. The van der Waals surface area contributed by atoms with Gasteiger partial charge in [0.15, 0.2) is 0 Å². The summed E-state index contributed by atoms with van der Waals surface area (Å²) in [5.41, 5.74) is 9.72. The first-order valence-corrected chi connectivity index (χ1v) is 9.61. The molecule has 0 saturated heterocycles. The maximum atomic E-state index is 9.98. The van der Waals surface area contributed by atoms with Crippen molar-refractivity contribution in [1.82, 2.24) is 0 Å². The number of aliphatic hydroxyl groups excluding tert-OH is 2. The Morgan fingerprint density at radius 3 is 2.61 bits per heavy atom. The molecule has 0 aliphatic heterocycles. The number of halogens is 1. The second kappa shape index (κ2) is 6.33. The Hall–Kier alpha value is -0.0900. The van der Waals surface area contributed by atoms with Crippen LogP contribution in [0, 0.1) is 23.2 Å². The van der Waals surface area contributed by atoms with Gasteiger partial charge in [-0.15, -0.1) is 11.6 Å². The summed E-state index contributed by atoms with van der Waals surface area (Å²) in [6.07, 6.45) is 6.39. The fraction of sp³-hybridized carbons (Fsp3) is 0.895. The van der Waals surface area contributed by atoms with Crippen LogP contribution >= 0.6 is 11.6 Å². The summed E-state index contributed by atoms with van der Waals surface area (Å²) in [7, 11) is 0. The van der Waals surface area contributed by atoms with E-state index in [9.17, 15) is 10.2 Å². The van der Waals surface area contributed by atoms with Crippen molar-refractivity contribution in [2.24, 2.45) is 28.9 Å². The SMILES string of the molecule is CC1(C)CCC2=C1CCC(C1(Cl)CCC(O)CC1CO)[C@H]2CN. The lowest BCUT2D eigenvalue weighted by Crippen LogP contribution is -2.51. The number of allylic oxidation sites excluding steroid dienone is 1. The zero-order valence-corrected chi connectivity index (χ0v) is 15.3. The number of rotatable bonds is 3. The van der Waals surface area contributed by atoms with Crippen LogP contribution in [0.1, 0.15) is 58.8 Å². The van der Waals surface area contributed by atoms with Gasteiger partial charge in [-0.25, -0.2) is 0 Å². The Morgan fingerprint density at radius 1 is 1.22 bits per heavy atom. The smallest absolute Gasteiger partial charge is 0.0545 e. The van der Waals surface area contributed by atoms with Crippen molar-refractivity contribution in [1.29, 1.82) is 0 Å². The average molecular weight is 342 g/mol. The van der Waals surface area contributed by atoms with Crippen molar-refractivity contribution in [2.75, 3.05) is 13.2 Å². The quantitative estimate of drug-likeness (QED) is 0.545. The van der Waals surface area contributed by atoms with Gasteiger partial charge in [0.1, 0.15) is 0 Å². The molecule has 4 N–H and O–H groups in total. The van der Waals surface area contributed by atoms with E-state index in [2.05, 4.69) is 13.8 Å². The van der Waals surface area contributed by atoms with E-state index < -0.39 is 4.87 Å². The molecule has 3 nitrogen and oxygen atoms in total. The van der Waals surface area contributed by atoms with Gasteiger partial charge >= 0.3 is 0 Å². The van der Waals surface area contributed by atoms with Crippen molar-refractivity contribution in [3.8, 4) is 0 Å². The van der Waals surface area contributed by atoms with Crippen LogP contribution in [0.5, 0.6) is 0 Å². The lowest BCUT2D eigenvalue weighted by atomic mass is 9.61. The van der Waals surface area contributed by atoms with Crippen molar-refractivity contribution in [2.45, 2.75) is 69.8 Å². The van der Waals surface area contributed by atoms with E-state index in [0.29, 0.717) is 30.2 Å². The molecule has 132 valence electrons. The van der Waals surface area contributed by atoms with Crippen LogP contribution < -0.4 is 5.73 Å². The third kappa shape index (κ3) is 2.88. The fourth-order valence-corrected chi connectivity index (χ4v) is 6.19. The third-order valence-electron chi connectivity index (χ3n) is 7.05. The van der Waals surface area contributed by atoms with E-state index in [4.69, 9.17) is 17.3 Å². The predicted molar refractivity (Wildman–Crippen MR) is 94.3 cm³/mol. The molecule has 1 fully saturated rings. The number of nitrogens with two attached hydrogens (primary N) is 1. The summed E-state index contributed by atoms with van der Waals surface area (Å²) in [5.74, 6) is 0.650. The molecule has 0 heterocycles. The van der Waals surface area contributed by atoms with E-state index in [1.54, 1.807) is 11.1 Å². The number of alkyl halides is 1. The van der Waals surface area contributed by atoms with Crippen LogP contribution in [0.4, 0.5) is 0 Å². The van der Waals surface area contributed by atoms with Crippen molar-refractivity contribution in [3.05, 3.63) is 11.1 Å².